The number of benzene rings is 1. The highest BCUT2D eigenvalue weighted by molar-refractivity contribution is 7.85. The van der Waals surface area contributed by atoms with Crippen LogP contribution in [0.25, 0.3) is 6.08 Å². The number of aromatic carboxylic acids is 1. The van der Waals surface area contributed by atoms with E-state index in [-0.39, 0.29) is 24.1 Å². The summed E-state index contributed by atoms with van der Waals surface area (Å²) in [6.07, 6.45) is 1.43. The van der Waals surface area contributed by atoms with Crippen LogP contribution in [0, 0.1) is 0 Å². The second kappa shape index (κ2) is 6.82. The Kier molecular flexibility index (Phi) is 4.88. The maximum absolute atomic E-state index is 11.8. The lowest BCUT2D eigenvalue weighted by Crippen LogP contribution is -2.34. The minimum Gasteiger partial charge on any atom is -0.504 e. The molecule has 1 heterocycles. The fourth-order valence-electron chi connectivity index (χ4n) is 3.58. The van der Waals surface area contributed by atoms with Crippen LogP contribution >= 0.6 is 0 Å². The number of allylic oxidation sites excluding steroid dienone is 1. The van der Waals surface area contributed by atoms with Crippen molar-refractivity contribution >= 4 is 27.9 Å². The fourth-order valence-corrected chi connectivity index (χ4v) is 4.08. The van der Waals surface area contributed by atoms with Crippen LogP contribution in [0.1, 0.15) is 41.8 Å². The Morgan fingerprint density at radius 1 is 1.21 bits per heavy atom. The molecule has 1 aliphatic rings. The molecule has 0 radical (unpaired) electrons. The van der Waals surface area contributed by atoms with Gasteiger partial charge in [0.05, 0.1) is 16.9 Å². The van der Waals surface area contributed by atoms with Crippen LogP contribution in [-0.2, 0) is 15.5 Å². The molecule has 0 saturated heterocycles. The summed E-state index contributed by atoms with van der Waals surface area (Å²) in [4.78, 5) is 36.2. The third-order valence-corrected chi connectivity index (χ3v) is 5.93. The lowest BCUT2D eigenvalue weighted by Gasteiger charge is -2.27. The zero-order chi connectivity index (χ0) is 21.7. The normalized spacial score (nSPS) is 17.1. The summed E-state index contributed by atoms with van der Waals surface area (Å²) < 4.78 is 31.1. The van der Waals surface area contributed by atoms with Crippen LogP contribution in [0.2, 0.25) is 0 Å². The number of rotatable bonds is 6. The number of hydrogen-bond acceptors (Lipinski definition) is 7. The van der Waals surface area contributed by atoms with E-state index in [9.17, 15) is 33.0 Å². The lowest BCUT2D eigenvalue weighted by molar-refractivity contribution is 0.0696. The van der Waals surface area contributed by atoms with Crippen molar-refractivity contribution in [2.45, 2.75) is 25.7 Å². The summed E-state index contributed by atoms with van der Waals surface area (Å²) in [5.41, 5.74) is -0.953. The Morgan fingerprint density at radius 2 is 1.86 bits per heavy atom. The maximum atomic E-state index is 11.8. The van der Waals surface area contributed by atoms with Gasteiger partial charge in [0.1, 0.15) is 0 Å². The summed E-state index contributed by atoms with van der Waals surface area (Å²) in [6.45, 7) is 3.72. The molecule has 0 atom stereocenters. The molecule has 0 saturated carbocycles. The summed E-state index contributed by atoms with van der Waals surface area (Å²) in [6, 6.07) is 4.48. The molecule has 0 amide bonds. The number of anilines is 1. The van der Waals surface area contributed by atoms with Crippen molar-refractivity contribution in [3.8, 4) is 5.75 Å². The molecule has 0 unspecified atom stereocenters. The molecule has 154 valence electrons. The topological polar surface area (TPSA) is 149 Å². The van der Waals surface area contributed by atoms with Crippen LogP contribution in [0.3, 0.4) is 0 Å². The maximum Gasteiger partial charge on any atom is 0.335 e. The number of fused-ring (bicyclic) bond motifs is 1. The molecule has 0 aliphatic carbocycles. The molecular formula is C19H19NO8S. The second-order valence-electron chi connectivity index (χ2n) is 7.40. The summed E-state index contributed by atoms with van der Waals surface area (Å²) in [7, 11) is -4.17. The van der Waals surface area contributed by atoms with E-state index in [4.69, 9.17) is 4.55 Å². The van der Waals surface area contributed by atoms with Crippen LogP contribution in [0.15, 0.2) is 33.5 Å². The molecule has 1 aliphatic heterocycles. The van der Waals surface area contributed by atoms with E-state index in [1.54, 1.807) is 24.8 Å². The Labute approximate surface area is 166 Å². The predicted molar refractivity (Wildman–Crippen MR) is 106 cm³/mol. The van der Waals surface area contributed by atoms with Crippen molar-refractivity contribution in [3.63, 3.8) is 0 Å². The smallest absolute Gasteiger partial charge is 0.335 e. The van der Waals surface area contributed by atoms with E-state index in [1.807, 2.05) is 0 Å². The molecular weight excluding hydrogens is 402 g/mol. The van der Waals surface area contributed by atoms with Gasteiger partial charge in [-0.1, -0.05) is 13.8 Å². The van der Waals surface area contributed by atoms with Crippen LogP contribution in [0.4, 0.5) is 5.69 Å². The molecule has 29 heavy (non-hydrogen) atoms. The van der Waals surface area contributed by atoms with Crippen molar-refractivity contribution in [1.29, 1.82) is 0 Å². The molecule has 2 aromatic rings. The van der Waals surface area contributed by atoms with Gasteiger partial charge in [0.15, 0.2) is 5.75 Å². The van der Waals surface area contributed by atoms with Gasteiger partial charge in [-0.2, -0.15) is 8.42 Å². The highest BCUT2D eigenvalue weighted by atomic mass is 32.2. The first-order chi connectivity index (χ1) is 13.3. The monoisotopic (exact) mass is 421 g/mol. The first-order valence-electron chi connectivity index (χ1n) is 8.69. The standard InChI is InChI=1S/C19H19NO8S/c1-19(2)12-8-10(18(24)25)4-5-13(12)20(6-3-7-29(26,27)28)14(19)9-11-15(21)17(23)16(11)22/h4-5,8-9,21H,3,6-7H2,1-2H3,(H,24,25)(H,26,27,28). The van der Waals surface area contributed by atoms with Crippen molar-refractivity contribution in [2.24, 2.45) is 0 Å². The van der Waals surface area contributed by atoms with Gasteiger partial charge < -0.3 is 15.1 Å². The second-order valence-corrected chi connectivity index (χ2v) is 8.98. The molecule has 9 nitrogen and oxygen atoms in total. The van der Waals surface area contributed by atoms with E-state index in [1.165, 1.54) is 18.2 Å². The summed E-state index contributed by atoms with van der Waals surface area (Å²) in [5, 5.41) is 19.0. The fraction of sp³-hybridized carbons (Fsp3) is 0.316. The SMILES string of the molecule is CC1(C)C(=Cc2c(O)c(=O)c2=O)N(CCCS(=O)(=O)O)c2ccc(C(=O)O)cc21. The van der Waals surface area contributed by atoms with E-state index < -0.39 is 43.9 Å². The van der Waals surface area contributed by atoms with Gasteiger partial charge in [-0.25, -0.2) is 4.79 Å². The van der Waals surface area contributed by atoms with Crippen LogP contribution < -0.4 is 15.8 Å². The molecule has 0 aromatic heterocycles. The van der Waals surface area contributed by atoms with Crippen molar-refractivity contribution in [2.75, 3.05) is 17.2 Å². The molecule has 2 aromatic carbocycles. The third kappa shape index (κ3) is 3.56. The van der Waals surface area contributed by atoms with Crippen molar-refractivity contribution in [3.05, 3.63) is 61.0 Å². The Balaban J connectivity index is 2.12. The number of carboxylic acid groups (broad SMARTS) is 1. The molecule has 10 heteroatoms. The number of carboxylic acids is 1. The van der Waals surface area contributed by atoms with E-state index >= 15 is 0 Å². The van der Waals surface area contributed by atoms with Crippen molar-refractivity contribution in [1.82, 2.24) is 0 Å². The third-order valence-electron chi connectivity index (χ3n) is 5.12. The molecule has 0 fully saturated rings. The van der Waals surface area contributed by atoms with Gasteiger partial charge in [-0.15, -0.1) is 0 Å². The first-order valence-corrected chi connectivity index (χ1v) is 10.3. The Morgan fingerprint density at radius 3 is 2.41 bits per heavy atom. The average molecular weight is 421 g/mol. The molecule has 3 N–H and O–H groups in total. The van der Waals surface area contributed by atoms with Crippen LogP contribution in [-0.4, -0.2) is 41.5 Å². The highest BCUT2D eigenvalue weighted by Crippen LogP contribution is 2.48. The van der Waals surface area contributed by atoms with E-state index in [0.717, 1.165) is 0 Å². The van der Waals surface area contributed by atoms with Crippen LogP contribution in [0.5, 0.6) is 5.75 Å². The van der Waals surface area contributed by atoms with Gasteiger partial charge in [0, 0.05) is 23.3 Å². The Bertz CT molecular complexity index is 1220. The van der Waals surface area contributed by atoms with Crippen molar-refractivity contribution < 1.29 is 28.0 Å². The molecule has 3 rings (SSSR count). The van der Waals surface area contributed by atoms with E-state index in [2.05, 4.69) is 0 Å². The number of nitrogens with zero attached hydrogens (tertiary/aromatic N) is 1. The van der Waals surface area contributed by atoms with E-state index in [0.29, 0.717) is 16.9 Å². The molecule has 0 bridgehead atoms. The largest absolute Gasteiger partial charge is 0.504 e. The lowest BCUT2D eigenvalue weighted by atomic mass is 9.82. The highest BCUT2D eigenvalue weighted by Gasteiger charge is 2.41. The Hall–Kier alpha value is -2.98. The quantitative estimate of drug-likeness (QED) is 0.460. The van der Waals surface area contributed by atoms with Gasteiger partial charge in [0.2, 0.25) is 5.43 Å². The van der Waals surface area contributed by atoms with Gasteiger partial charge in [0.25, 0.3) is 15.5 Å². The van der Waals surface area contributed by atoms with Gasteiger partial charge in [-0.3, -0.25) is 14.1 Å². The van der Waals surface area contributed by atoms with Gasteiger partial charge >= 0.3 is 5.97 Å². The van der Waals surface area contributed by atoms with Gasteiger partial charge in [-0.05, 0) is 36.3 Å². The minimum absolute atomic E-state index is 0.0598. The molecule has 0 spiro atoms. The zero-order valence-corrected chi connectivity index (χ0v) is 16.5. The predicted octanol–water partition coefficient (Wildman–Crippen LogP) is 1.10. The number of aromatic hydroxyl groups is 1. The number of hydrogen-bond donors (Lipinski definition) is 3. The average Bonchev–Trinajstić information content (AvgIpc) is 2.84. The summed E-state index contributed by atoms with van der Waals surface area (Å²) in [5.74, 6) is -2.23. The summed E-state index contributed by atoms with van der Waals surface area (Å²) >= 11 is 0. The number of carbonyl (C=O) groups is 1. The minimum atomic E-state index is -4.17. The first kappa shape index (κ1) is 20.7. The zero-order valence-electron chi connectivity index (χ0n) is 15.7.